The lowest BCUT2D eigenvalue weighted by atomic mass is 9.93. The number of hydrogen-bond donors (Lipinski definition) is 0. The summed E-state index contributed by atoms with van der Waals surface area (Å²) in [5.74, 6) is -3.07. The van der Waals surface area contributed by atoms with E-state index in [0.29, 0.717) is 0 Å². The van der Waals surface area contributed by atoms with E-state index in [4.69, 9.17) is 18.5 Å². The number of carbonyl (C=O) groups is 3. The maximum Gasteiger partial charge on any atom is 0.411 e. The van der Waals surface area contributed by atoms with Crippen molar-refractivity contribution in [2.45, 2.75) is 37.8 Å². The second kappa shape index (κ2) is 10.8. The van der Waals surface area contributed by atoms with Crippen LogP contribution in [0.1, 0.15) is 37.1 Å². The summed E-state index contributed by atoms with van der Waals surface area (Å²) in [5.41, 5.74) is 1.58. The molecule has 0 aliphatic carbocycles. The summed E-state index contributed by atoms with van der Waals surface area (Å²) < 4.78 is 34.7. The SMILES string of the molecule is CCOP(=O)(OCC)C(C(=O)OC)N1CC(N2C(=O)OC(c3ccccc3)C2c2ccccc2)C1=O. The third-order valence-corrected chi connectivity index (χ3v) is 8.52. The fraction of sp³-hybridized carbons (Fsp3) is 0.400. The molecule has 2 aliphatic heterocycles. The topological polar surface area (TPSA) is 112 Å². The van der Waals surface area contributed by atoms with Crippen LogP contribution in [0.25, 0.3) is 0 Å². The lowest BCUT2D eigenvalue weighted by Crippen LogP contribution is -2.68. The molecule has 0 radical (unpaired) electrons. The standard InChI is InChI=1S/C25H29N2O8P/c1-4-33-36(31,34-5-2)23(24(29)32-3)26-16-19(22(26)28)27-20(17-12-8-6-9-13-17)21(35-25(27)30)18-14-10-7-11-15-18/h6-15,19-21,23H,4-5,16H2,1-3H3. The van der Waals surface area contributed by atoms with Crippen LogP contribution >= 0.6 is 7.60 Å². The number of β-lactam (4-membered cyclic amide) rings is 1. The Morgan fingerprint density at radius 1 is 1.00 bits per heavy atom. The fourth-order valence-corrected chi connectivity index (χ4v) is 6.61. The number of benzene rings is 2. The van der Waals surface area contributed by atoms with Gasteiger partial charge in [0.2, 0.25) is 11.7 Å². The van der Waals surface area contributed by atoms with E-state index < -0.39 is 49.5 Å². The van der Waals surface area contributed by atoms with E-state index in [-0.39, 0.29) is 19.8 Å². The van der Waals surface area contributed by atoms with Gasteiger partial charge in [-0.3, -0.25) is 14.3 Å². The molecule has 2 heterocycles. The van der Waals surface area contributed by atoms with E-state index in [1.165, 1.54) is 4.90 Å². The Labute approximate surface area is 209 Å². The molecule has 0 bridgehead atoms. The van der Waals surface area contributed by atoms with Crippen molar-refractivity contribution in [3.05, 3.63) is 71.8 Å². The van der Waals surface area contributed by atoms with Crippen molar-refractivity contribution in [1.29, 1.82) is 0 Å². The highest BCUT2D eigenvalue weighted by molar-refractivity contribution is 7.55. The van der Waals surface area contributed by atoms with Gasteiger partial charge in [-0.05, 0) is 25.0 Å². The summed E-state index contributed by atoms with van der Waals surface area (Å²) in [6, 6.07) is 17.1. The molecule has 0 N–H and O–H groups in total. The smallest absolute Gasteiger partial charge is 0.411 e. The highest BCUT2D eigenvalue weighted by Crippen LogP contribution is 2.56. The van der Waals surface area contributed by atoms with Crippen LogP contribution in [0.15, 0.2) is 60.7 Å². The first kappa shape index (κ1) is 25.9. The minimum atomic E-state index is -4.07. The summed E-state index contributed by atoms with van der Waals surface area (Å²) in [4.78, 5) is 41.7. The fourth-order valence-electron chi connectivity index (χ4n) is 4.62. The van der Waals surface area contributed by atoms with Crippen molar-refractivity contribution in [3.8, 4) is 0 Å². The highest BCUT2D eigenvalue weighted by Gasteiger charge is 2.59. The molecule has 36 heavy (non-hydrogen) atoms. The molecular formula is C25H29N2O8P. The van der Waals surface area contributed by atoms with Gasteiger partial charge in [0.15, 0.2) is 6.10 Å². The molecule has 4 rings (SSSR count). The second-order valence-electron chi connectivity index (χ2n) is 8.26. The molecule has 2 aliphatic rings. The second-order valence-corrected chi connectivity index (χ2v) is 10.3. The van der Waals surface area contributed by atoms with E-state index >= 15 is 0 Å². The summed E-state index contributed by atoms with van der Waals surface area (Å²) in [6.45, 7) is 3.15. The van der Waals surface area contributed by atoms with E-state index in [9.17, 15) is 18.9 Å². The number of likely N-dealkylation sites (tertiary alicyclic amines) is 1. The van der Waals surface area contributed by atoms with Crippen LogP contribution in [0.4, 0.5) is 4.79 Å². The number of nitrogens with zero attached hydrogens (tertiary/aromatic N) is 2. The first-order valence-corrected chi connectivity index (χ1v) is 13.3. The Balaban J connectivity index is 1.66. The lowest BCUT2D eigenvalue weighted by Gasteiger charge is -2.47. The molecule has 2 fully saturated rings. The first-order valence-electron chi connectivity index (χ1n) is 11.7. The Morgan fingerprint density at radius 3 is 2.06 bits per heavy atom. The van der Waals surface area contributed by atoms with Crippen molar-refractivity contribution in [2.75, 3.05) is 26.9 Å². The molecule has 2 saturated heterocycles. The molecular weight excluding hydrogens is 487 g/mol. The van der Waals surface area contributed by atoms with Crippen molar-refractivity contribution in [1.82, 2.24) is 9.80 Å². The van der Waals surface area contributed by atoms with E-state index in [0.717, 1.165) is 23.1 Å². The zero-order valence-corrected chi connectivity index (χ0v) is 21.2. The van der Waals surface area contributed by atoms with Crippen LogP contribution in [0.5, 0.6) is 0 Å². The monoisotopic (exact) mass is 516 g/mol. The van der Waals surface area contributed by atoms with Crippen molar-refractivity contribution in [2.24, 2.45) is 0 Å². The van der Waals surface area contributed by atoms with Crippen molar-refractivity contribution >= 4 is 25.6 Å². The van der Waals surface area contributed by atoms with E-state index in [1.807, 2.05) is 60.7 Å². The number of cyclic esters (lactones) is 1. The van der Waals surface area contributed by atoms with Crippen LogP contribution in [0.2, 0.25) is 0 Å². The Kier molecular flexibility index (Phi) is 7.78. The van der Waals surface area contributed by atoms with Crippen LogP contribution in [-0.4, -0.2) is 66.5 Å². The molecule has 4 atom stereocenters. The number of hydrogen-bond acceptors (Lipinski definition) is 8. The van der Waals surface area contributed by atoms with Crippen LogP contribution in [0.3, 0.4) is 0 Å². The summed E-state index contributed by atoms with van der Waals surface area (Å²) >= 11 is 0. The number of esters is 1. The van der Waals surface area contributed by atoms with Crippen molar-refractivity contribution < 1.29 is 37.5 Å². The number of ether oxygens (including phenoxy) is 2. The van der Waals surface area contributed by atoms with Gasteiger partial charge < -0.3 is 23.4 Å². The van der Waals surface area contributed by atoms with Crippen LogP contribution < -0.4 is 0 Å². The average molecular weight is 516 g/mol. The Bertz CT molecular complexity index is 1140. The van der Waals surface area contributed by atoms with Gasteiger partial charge in [-0.25, -0.2) is 9.59 Å². The summed E-state index contributed by atoms with van der Waals surface area (Å²) in [5, 5.41) is 0. The zero-order valence-electron chi connectivity index (χ0n) is 20.3. The molecule has 192 valence electrons. The van der Waals surface area contributed by atoms with Crippen molar-refractivity contribution in [3.63, 3.8) is 0 Å². The minimum Gasteiger partial charge on any atom is -0.467 e. The maximum atomic E-state index is 13.5. The highest BCUT2D eigenvalue weighted by atomic mass is 31.2. The quantitative estimate of drug-likeness (QED) is 0.266. The number of carbonyl (C=O) groups excluding carboxylic acids is 3. The van der Waals surface area contributed by atoms with Gasteiger partial charge in [0.1, 0.15) is 12.1 Å². The molecule has 2 aromatic carbocycles. The van der Waals surface area contributed by atoms with Gasteiger partial charge in [0, 0.05) is 0 Å². The molecule has 0 saturated carbocycles. The van der Waals surface area contributed by atoms with Gasteiger partial charge in [-0.1, -0.05) is 60.7 Å². The zero-order chi connectivity index (χ0) is 25.9. The van der Waals surface area contributed by atoms with Gasteiger partial charge >= 0.3 is 19.7 Å². The normalized spacial score (nSPS) is 22.7. The molecule has 0 aromatic heterocycles. The molecule has 4 unspecified atom stereocenters. The summed E-state index contributed by atoms with van der Waals surface area (Å²) in [6.07, 6.45) is -1.29. The number of methoxy groups -OCH3 is 1. The van der Waals surface area contributed by atoms with Gasteiger partial charge in [-0.15, -0.1) is 0 Å². The Morgan fingerprint density at radius 2 is 1.56 bits per heavy atom. The molecule has 10 nitrogen and oxygen atoms in total. The van der Waals surface area contributed by atoms with Gasteiger partial charge in [-0.2, -0.15) is 0 Å². The first-order chi connectivity index (χ1) is 17.4. The predicted molar refractivity (Wildman–Crippen MR) is 129 cm³/mol. The van der Waals surface area contributed by atoms with E-state index in [1.54, 1.807) is 13.8 Å². The van der Waals surface area contributed by atoms with E-state index in [2.05, 4.69) is 0 Å². The number of amides is 2. The third kappa shape index (κ3) is 4.64. The average Bonchev–Trinajstić information content (AvgIpc) is 3.23. The molecule has 2 amide bonds. The molecule has 0 spiro atoms. The minimum absolute atomic E-state index is 0.00349. The maximum absolute atomic E-state index is 13.5. The van der Waals surface area contributed by atoms with Crippen LogP contribution in [-0.2, 0) is 32.7 Å². The number of rotatable bonds is 10. The Hall–Kier alpha value is -3.20. The molecule has 11 heteroatoms. The third-order valence-electron chi connectivity index (χ3n) is 6.19. The van der Waals surface area contributed by atoms with Gasteiger partial charge in [0.05, 0.1) is 26.9 Å². The predicted octanol–water partition coefficient (Wildman–Crippen LogP) is 3.90. The van der Waals surface area contributed by atoms with Gasteiger partial charge in [0.25, 0.3) is 0 Å². The van der Waals surface area contributed by atoms with Crippen LogP contribution in [0, 0.1) is 0 Å². The molecule has 2 aromatic rings. The largest absolute Gasteiger partial charge is 0.467 e. The summed E-state index contributed by atoms with van der Waals surface area (Å²) in [7, 11) is -2.94. The lowest BCUT2D eigenvalue weighted by molar-refractivity contribution is -0.161.